The standard InChI is InChI=1S/C12H18N2O5/c1-6(2)7-4-14(12(18)13-11(7)17)10-3-8(16)9(5-15)19-10/h4,6,8-10,15-16H,3,5H2,1-2H3,(H,13,17,18)/t8?,9-,10-/m1/s1. The first-order chi connectivity index (χ1) is 8.93. The molecular formula is C12H18N2O5. The molecule has 0 aromatic carbocycles. The number of aromatic nitrogens is 2. The van der Waals surface area contributed by atoms with E-state index in [1.54, 1.807) is 0 Å². The van der Waals surface area contributed by atoms with Crippen LogP contribution in [0.4, 0.5) is 0 Å². The van der Waals surface area contributed by atoms with Crippen LogP contribution in [0.1, 0.15) is 38.0 Å². The van der Waals surface area contributed by atoms with Gasteiger partial charge in [-0.2, -0.15) is 0 Å². The molecule has 19 heavy (non-hydrogen) atoms. The van der Waals surface area contributed by atoms with E-state index in [9.17, 15) is 14.7 Å². The molecule has 7 heteroatoms. The van der Waals surface area contributed by atoms with Crippen LogP contribution >= 0.6 is 0 Å². The van der Waals surface area contributed by atoms with Crippen LogP contribution in [0.3, 0.4) is 0 Å². The summed E-state index contributed by atoms with van der Waals surface area (Å²) in [4.78, 5) is 25.7. The molecule has 1 unspecified atom stereocenters. The van der Waals surface area contributed by atoms with Gasteiger partial charge in [-0.3, -0.25) is 14.3 Å². The van der Waals surface area contributed by atoms with Crippen LogP contribution < -0.4 is 11.2 Å². The van der Waals surface area contributed by atoms with Crippen molar-refractivity contribution in [3.05, 3.63) is 32.6 Å². The van der Waals surface area contributed by atoms with Crippen molar-refractivity contribution < 1.29 is 14.9 Å². The Morgan fingerprint density at radius 3 is 2.74 bits per heavy atom. The first-order valence-electron chi connectivity index (χ1n) is 6.23. The molecule has 1 aliphatic rings. The van der Waals surface area contributed by atoms with Crippen LogP contribution in [0.15, 0.2) is 15.8 Å². The second-order valence-corrected chi connectivity index (χ2v) is 5.02. The highest BCUT2D eigenvalue weighted by atomic mass is 16.5. The Balaban J connectivity index is 2.38. The van der Waals surface area contributed by atoms with Gasteiger partial charge in [-0.25, -0.2) is 4.79 Å². The lowest BCUT2D eigenvalue weighted by molar-refractivity contribution is -0.0460. The highest BCUT2D eigenvalue weighted by molar-refractivity contribution is 5.09. The topological polar surface area (TPSA) is 105 Å². The van der Waals surface area contributed by atoms with Gasteiger partial charge in [0.05, 0.1) is 12.7 Å². The predicted octanol–water partition coefficient (Wildman–Crippen LogP) is -0.699. The van der Waals surface area contributed by atoms with E-state index in [1.165, 1.54) is 10.8 Å². The molecule has 3 N–H and O–H groups in total. The molecule has 0 spiro atoms. The third-order valence-electron chi connectivity index (χ3n) is 3.31. The number of rotatable bonds is 3. The molecule has 0 amide bonds. The first-order valence-corrected chi connectivity index (χ1v) is 6.23. The number of hydrogen-bond acceptors (Lipinski definition) is 5. The summed E-state index contributed by atoms with van der Waals surface area (Å²) in [7, 11) is 0. The molecule has 7 nitrogen and oxygen atoms in total. The Morgan fingerprint density at radius 2 is 2.21 bits per heavy atom. The van der Waals surface area contributed by atoms with Gasteiger partial charge >= 0.3 is 5.69 Å². The van der Waals surface area contributed by atoms with E-state index in [2.05, 4.69) is 4.98 Å². The Morgan fingerprint density at radius 1 is 1.53 bits per heavy atom. The molecule has 0 aliphatic carbocycles. The lowest BCUT2D eigenvalue weighted by Crippen LogP contribution is -2.34. The Kier molecular flexibility index (Phi) is 3.88. The molecule has 0 saturated carbocycles. The molecule has 1 aromatic rings. The second-order valence-electron chi connectivity index (χ2n) is 5.02. The fourth-order valence-electron chi connectivity index (χ4n) is 2.18. The lowest BCUT2D eigenvalue weighted by atomic mass is 10.1. The van der Waals surface area contributed by atoms with Crippen molar-refractivity contribution in [3.63, 3.8) is 0 Å². The highest BCUT2D eigenvalue weighted by Gasteiger charge is 2.35. The lowest BCUT2D eigenvalue weighted by Gasteiger charge is -2.16. The summed E-state index contributed by atoms with van der Waals surface area (Å²) < 4.78 is 6.66. The van der Waals surface area contributed by atoms with Gasteiger partial charge in [0.25, 0.3) is 5.56 Å². The fraction of sp³-hybridized carbons (Fsp3) is 0.667. The normalized spacial score (nSPS) is 27.1. The molecule has 1 fully saturated rings. The van der Waals surface area contributed by atoms with Crippen molar-refractivity contribution in [2.24, 2.45) is 0 Å². The van der Waals surface area contributed by atoms with Gasteiger partial charge in [-0.05, 0) is 5.92 Å². The molecule has 2 rings (SSSR count). The SMILES string of the molecule is CC(C)c1cn([C@H]2CC(O)[C@@H](CO)O2)c(=O)[nH]c1=O. The van der Waals surface area contributed by atoms with Gasteiger partial charge in [-0.15, -0.1) is 0 Å². The van der Waals surface area contributed by atoms with Crippen LogP contribution in [0.2, 0.25) is 0 Å². The summed E-state index contributed by atoms with van der Waals surface area (Å²) in [6.45, 7) is 3.38. The van der Waals surface area contributed by atoms with Gasteiger partial charge < -0.3 is 14.9 Å². The van der Waals surface area contributed by atoms with Crippen LogP contribution in [-0.4, -0.2) is 38.6 Å². The molecule has 0 bridgehead atoms. The Bertz CT molecular complexity index is 562. The van der Waals surface area contributed by atoms with Crippen LogP contribution in [0.25, 0.3) is 0 Å². The van der Waals surface area contributed by atoms with E-state index >= 15 is 0 Å². The van der Waals surface area contributed by atoms with Crippen LogP contribution in [-0.2, 0) is 4.74 Å². The summed E-state index contributed by atoms with van der Waals surface area (Å²) in [6, 6.07) is 0. The zero-order valence-electron chi connectivity index (χ0n) is 10.9. The zero-order chi connectivity index (χ0) is 14.2. The molecule has 3 atom stereocenters. The summed E-state index contributed by atoms with van der Waals surface area (Å²) in [5.74, 6) is -0.0319. The van der Waals surface area contributed by atoms with Crippen molar-refractivity contribution in [1.82, 2.24) is 9.55 Å². The van der Waals surface area contributed by atoms with Gasteiger partial charge in [0.1, 0.15) is 12.3 Å². The third kappa shape index (κ3) is 2.63. The number of aromatic amines is 1. The summed E-state index contributed by atoms with van der Waals surface area (Å²) in [6.07, 6.45) is -0.533. The highest BCUT2D eigenvalue weighted by Crippen LogP contribution is 2.27. The largest absolute Gasteiger partial charge is 0.394 e. The Labute approximate surface area is 109 Å². The number of ether oxygens (including phenoxy) is 1. The van der Waals surface area contributed by atoms with Crippen LogP contribution in [0.5, 0.6) is 0 Å². The fourth-order valence-corrected chi connectivity index (χ4v) is 2.18. The number of H-pyrrole nitrogens is 1. The average molecular weight is 270 g/mol. The quantitative estimate of drug-likeness (QED) is 0.673. The van der Waals surface area contributed by atoms with Crippen molar-refractivity contribution in [1.29, 1.82) is 0 Å². The van der Waals surface area contributed by atoms with E-state index in [1.807, 2.05) is 13.8 Å². The second kappa shape index (κ2) is 5.28. The monoisotopic (exact) mass is 270 g/mol. The molecule has 0 radical (unpaired) electrons. The number of nitrogens with one attached hydrogen (secondary N) is 1. The smallest absolute Gasteiger partial charge is 0.330 e. The van der Waals surface area contributed by atoms with Crippen molar-refractivity contribution >= 4 is 0 Å². The Hall–Kier alpha value is -1.44. The molecule has 106 valence electrons. The molecule has 1 aliphatic heterocycles. The maximum Gasteiger partial charge on any atom is 0.330 e. The maximum atomic E-state index is 11.8. The molecule has 1 saturated heterocycles. The number of hydrogen-bond donors (Lipinski definition) is 3. The third-order valence-corrected chi connectivity index (χ3v) is 3.31. The first kappa shape index (κ1) is 14.0. The van der Waals surface area contributed by atoms with Crippen LogP contribution in [0, 0.1) is 0 Å². The molecule has 1 aromatic heterocycles. The van der Waals surface area contributed by atoms with E-state index in [-0.39, 0.29) is 18.9 Å². The minimum atomic E-state index is -0.823. The van der Waals surface area contributed by atoms with E-state index in [0.717, 1.165) is 0 Å². The molecule has 2 heterocycles. The van der Waals surface area contributed by atoms with Gasteiger partial charge in [0.2, 0.25) is 0 Å². The van der Waals surface area contributed by atoms with Gasteiger partial charge in [0.15, 0.2) is 0 Å². The average Bonchev–Trinajstić information content (AvgIpc) is 2.69. The molecular weight excluding hydrogens is 252 g/mol. The maximum absolute atomic E-state index is 11.8. The number of aliphatic hydroxyl groups is 2. The summed E-state index contributed by atoms with van der Waals surface area (Å²) >= 11 is 0. The summed E-state index contributed by atoms with van der Waals surface area (Å²) in [5, 5.41) is 18.7. The summed E-state index contributed by atoms with van der Waals surface area (Å²) in [5.41, 5.74) is -0.510. The van der Waals surface area contributed by atoms with Gasteiger partial charge in [-0.1, -0.05) is 13.8 Å². The minimum Gasteiger partial charge on any atom is -0.394 e. The van der Waals surface area contributed by atoms with E-state index in [0.29, 0.717) is 5.56 Å². The predicted molar refractivity (Wildman–Crippen MR) is 67.0 cm³/mol. The van der Waals surface area contributed by atoms with Gasteiger partial charge in [0, 0.05) is 18.2 Å². The number of nitrogens with zero attached hydrogens (tertiary/aromatic N) is 1. The van der Waals surface area contributed by atoms with E-state index < -0.39 is 29.7 Å². The number of aliphatic hydroxyl groups excluding tert-OH is 2. The van der Waals surface area contributed by atoms with E-state index in [4.69, 9.17) is 9.84 Å². The van der Waals surface area contributed by atoms with Crippen molar-refractivity contribution in [2.45, 2.75) is 44.6 Å². The minimum absolute atomic E-state index is 0.0319. The van der Waals surface area contributed by atoms with Crippen molar-refractivity contribution in [3.8, 4) is 0 Å². The van der Waals surface area contributed by atoms with Crippen molar-refractivity contribution in [2.75, 3.05) is 6.61 Å². The zero-order valence-corrected chi connectivity index (χ0v) is 10.9.